The first-order chi connectivity index (χ1) is 9.17. The van der Waals surface area contributed by atoms with Gasteiger partial charge in [0.2, 0.25) is 0 Å². The van der Waals surface area contributed by atoms with Gasteiger partial charge in [0.1, 0.15) is 0 Å². The highest BCUT2D eigenvalue weighted by atomic mass is 16.5. The van der Waals surface area contributed by atoms with Crippen LogP contribution in [0.3, 0.4) is 0 Å². The van der Waals surface area contributed by atoms with Crippen LogP contribution in [0.4, 0.5) is 0 Å². The number of rotatable bonds is 4. The van der Waals surface area contributed by atoms with Gasteiger partial charge < -0.3 is 19.7 Å². The van der Waals surface area contributed by atoms with Gasteiger partial charge in [-0.1, -0.05) is 0 Å². The lowest BCUT2D eigenvalue weighted by molar-refractivity contribution is 0.0743. The number of hydrogen-bond donors (Lipinski definition) is 1. The van der Waals surface area contributed by atoms with Crippen LogP contribution >= 0.6 is 0 Å². The van der Waals surface area contributed by atoms with E-state index in [1.807, 2.05) is 7.05 Å². The van der Waals surface area contributed by atoms with E-state index in [-0.39, 0.29) is 11.9 Å². The van der Waals surface area contributed by atoms with Gasteiger partial charge in [0.25, 0.3) is 5.91 Å². The maximum Gasteiger partial charge on any atom is 0.254 e. The third-order valence-electron chi connectivity index (χ3n) is 3.53. The Hall–Kier alpha value is -1.75. The first kappa shape index (κ1) is 13.7. The first-order valence-electron chi connectivity index (χ1n) is 6.37. The van der Waals surface area contributed by atoms with Crippen molar-refractivity contribution in [3.05, 3.63) is 23.8 Å². The summed E-state index contributed by atoms with van der Waals surface area (Å²) in [4.78, 5) is 14.2. The quantitative estimate of drug-likeness (QED) is 0.886. The Kier molecular flexibility index (Phi) is 4.27. The molecule has 1 N–H and O–H groups in total. The summed E-state index contributed by atoms with van der Waals surface area (Å²) in [5, 5.41) is 3.26. The van der Waals surface area contributed by atoms with Crippen molar-refractivity contribution < 1.29 is 14.3 Å². The highest BCUT2D eigenvalue weighted by Crippen LogP contribution is 2.28. The first-order valence-corrected chi connectivity index (χ1v) is 6.37. The molecule has 1 aliphatic rings. The summed E-state index contributed by atoms with van der Waals surface area (Å²) >= 11 is 0. The molecule has 1 heterocycles. The number of hydrogen-bond acceptors (Lipinski definition) is 4. The summed E-state index contributed by atoms with van der Waals surface area (Å²) in [6.45, 7) is 1.82. The van der Waals surface area contributed by atoms with Gasteiger partial charge in [-0.25, -0.2) is 0 Å². The summed E-state index contributed by atoms with van der Waals surface area (Å²) in [6, 6.07) is 5.51. The average molecular weight is 264 g/mol. The third-order valence-corrected chi connectivity index (χ3v) is 3.53. The molecule has 1 fully saturated rings. The van der Waals surface area contributed by atoms with Crippen molar-refractivity contribution >= 4 is 5.91 Å². The SMILES string of the molecule is COc1ccc(C(=O)N(C)C2CCNC2)cc1OC. The van der Waals surface area contributed by atoms with Crippen LogP contribution in [0.1, 0.15) is 16.8 Å². The van der Waals surface area contributed by atoms with Crippen LogP contribution in [-0.4, -0.2) is 51.2 Å². The van der Waals surface area contributed by atoms with E-state index in [1.54, 1.807) is 37.3 Å². The van der Waals surface area contributed by atoms with Gasteiger partial charge in [-0.2, -0.15) is 0 Å². The number of nitrogens with one attached hydrogen (secondary N) is 1. The maximum absolute atomic E-state index is 12.4. The summed E-state index contributed by atoms with van der Waals surface area (Å²) in [5.74, 6) is 1.21. The summed E-state index contributed by atoms with van der Waals surface area (Å²) in [7, 11) is 4.99. The molecule has 1 amide bonds. The van der Waals surface area contributed by atoms with Gasteiger partial charge in [0.05, 0.1) is 14.2 Å². The van der Waals surface area contributed by atoms with E-state index >= 15 is 0 Å². The molecule has 5 nitrogen and oxygen atoms in total. The summed E-state index contributed by atoms with van der Waals surface area (Å²) in [6.07, 6.45) is 0.996. The monoisotopic (exact) mass is 264 g/mol. The lowest BCUT2D eigenvalue weighted by Gasteiger charge is -2.24. The largest absolute Gasteiger partial charge is 0.493 e. The fourth-order valence-corrected chi connectivity index (χ4v) is 2.31. The zero-order chi connectivity index (χ0) is 13.8. The molecule has 1 atom stereocenters. The second-order valence-corrected chi connectivity index (χ2v) is 4.63. The highest BCUT2D eigenvalue weighted by Gasteiger charge is 2.24. The predicted octanol–water partition coefficient (Wildman–Crippen LogP) is 1.14. The van der Waals surface area contributed by atoms with Crippen LogP contribution in [0, 0.1) is 0 Å². The number of nitrogens with zero attached hydrogens (tertiary/aromatic N) is 1. The van der Waals surface area contributed by atoms with Crippen molar-refractivity contribution in [2.24, 2.45) is 0 Å². The van der Waals surface area contributed by atoms with E-state index in [0.29, 0.717) is 17.1 Å². The minimum atomic E-state index is 0.00894. The van der Waals surface area contributed by atoms with E-state index in [4.69, 9.17) is 9.47 Å². The number of methoxy groups -OCH3 is 2. The molecule has 0 aliphatic carbocycles. The van der Waals surface area contributed by atoms with Gasteiger partial charge in [-0.15, -0.1) is 0 Å². The van der Waals surface area contributed by atoms with Crippen LogP contribution in [0.25, 0.3) is 0 Å². The number of ether oxygens (including phenoxy) is 2. The van der Waals surface area contributed by atoms with Crippen molar-refractivity contribution in [3.63, 3.8) is 0 Å². The molecular weight excluding hydrogens is 244 g/mol. The van der Waals surface area contributed by atoms with E-state index < -0.39 is 0 Å². The van der Waals surface area contributed by atoms with Crippen molar-refractivity contribution in [1.29, 1.82) is 0 Å². The van der Waals surface area contributed by atoms with Crippen LogP contribution in [-0.2, 0) is 0 Å². The van der Waals surface area contributed by atoms with Crippen molar-refractivity contribution in [1.82, 2.24) is 10.2 Å². The minimum absolute atomic E-state index is 0.00894. The molecule has 5 heteroatoms. The molecule has 1 aliphatic heterocycles. The molecule has 1 aromatic carbocycles. The molecule has 104 valence electrons. The molecule has 0 bridgehead atoms. The van der Waals surface area contributed by atoms with E-state index in [1.165, 1.54) is 0 Å². The van der Waals surface area contributed by atoms with Crippen molar-refractivity contribution in [3.8, 4) is 11.5 Å². The Morgan fingerprint density at radius 2 is 2.05 bits per heavy atom. The second kappa shape index (κ2) is 5.93. The fraction of sp³-hybridized carbons (Fsp3) is 0.500. The van der Waals surface area contributed by atoms with Crippen LogP contribution in [0.5, 0.6) is 11.5 Å². The summed E-state index contributed by atoms with van der Waals surface area (Å²) < 4.78 is 10.4. The molecule has 19 heavy (non-hydrogen) atoms. The second-order valence-electron chi connectivity index (χ2n) is 4.63. The zero-order valence-corrected chi connectivity index (χ0v) is 11.6. The molecule has 0 spiro atoms. The van der Waals surface area contributed by atoms with Gasteiger partial charge in [-0.3, -0.25) is 4.79 Å². The Balaban J connectivity index is 2.18. The molecule has 1 aromatic rings. The van der Waals surface area contributed by atoms with E-state index in [0.717, 1.165) is 19.5 Å². The number of carbonyl (C=O) groups is 1. The standard InChI is InChI=1S/C14H20N2O3/c1-16(11-6-7-15-9-11)14(17)10-4-5-12(18-2)13(8-10)19-3/h4-5,8,11,15H,6-7,9H2,1-3H3. The molecule has 0 aromatic heterocycles. The lowest BCUT2D eigenvalue weighted by Crippen LogP contribution is -2.38. The smallest absolute Gasteiger partial charge is 0.254 e. The van der Waals surface area contributed by atoms with Crippen LogP contribution in [0.2, 0.25) is 0 Å². The number of likely N-dealkylation sites (N-methyl/N-ethyl adjacent to an activating group) is 1. The number of amides is 1. The van der Waals surface area contributed by atoms with Crippen molar-refractivity contribution in [2.45, 2.75) is 12.5 Å². The number of carbonyl (C=O) groups excluding carboxylic acids is 1. The molecule has 2 rings (SSSR count). The Labute approximate surface area is 113 Å². The molecule has 0 saturated carbocycles. The Morgan fingerprint density at radius 3 is 2.63 bits per heavy atom. The normalized spacial score (nSPS) is 18.2. The van der Waals surface area contributed by atoms with Crippen LogP contribution < -0.4 is 14.8 Å². The van der Waals surface area contributed by atoms with E-state index in [9.17, 15) is 4.79 Å². The molecule has 1 unspecified atom stereocenters. The molecular formula is C14H20N2O3. The highest BCUT2D eigenvalue weighted by molar-refractivity contribution is 5.95. The average Bonchev–Trinajstić information content (AvgIpc) is 2.99. The fourth-order valence-electron chi connectivity index (χ4n) is 2.31. The Morgan fingerprint density at radius 1 is 1.32 bits per heavy atom. The molecule has 1 saturated heterocycles. The zero-order valence-electron chi connectivity index (χ0n) is 11.6. The minimum Gasteiger partial charge on any atom is -0.493 e. The predicted molar refractivity (Wildman–Crippen MR) is 72.9 cm³/mol. The molecule has 0 radical (unpaired) electrons. The topological polar surface area (TPSA) is 50.8 Å². The van der Waals surface area contributed by atoms with Crippen LogP contribution in [0.15, 0.2) is 18.2 Å². The third kappa shape index (κ3) is 2.81. The van der Waals surface area contributed by atoms with Gasteiger partial charge in [-0.05, 0) is 31.2 Å². The van der Waals surface area contributed by atoms with Gasteiger partial charge in [0.15, 0.2) is 11.5 Å². The van der Waals surface area contributed by atoms with E-state index in [2.05, 4.69) is 5.32 Å². The van der Waals surface area contributed by atoms with Gasteiger partial charge >= 0.3 is 0 Å². The van der Waals surface area contributed by atoms with Gasteiger partial charge in [0, 0.05) is 25.2 Å². The Bertz CT molecular complexity index is 456. The van der Waals surface area contributed by atoms with Crippen molar-refractivity contribution in [2.75, 3.05) is 34.4 Å². The summed E-state index contributed by atoms with van der Waals surface area (Å²) in [5.41, 5.74) is 0.618. The lowest BCUT2D eigenvalue weighted by atomic mass is 10.1. The number of benzene rings is 1. The maximum atomic E-state index is 12.4.